The fraction of sp³-hybridized carbons (Fsp3) is 0.219. The Morgan fingerprint density at radius 1 is 0.865 bits per heavy atom. The van der Waals surface area contributed by atoms with Crippen molar-refractivity contribution in [1.29, 1.82) is 0 Å². The maximum absolute atomic E-state index is 13.0. The summed E-state index contributed by atoms with van der Waals surface area (Å²) < 4.78 is 7.69. The van der Waals surface area contributed by atoms with E-state index in [9.17, 15) is 4.79 Å². The average Bonchev–Trinajstić information content (AvgIpc) is 3.29. The van der Waals surface area contributed by atoms with Crippen LogP contribution in [0.4, 0.5) is 0 Å². The van der Waals surface area contributed by atoms with Crippen molar-refractivity contribution >= 4 is 27.6 Å². The zero-order valence-electron chi connectivity index (χ0n) is 20.9. The third-order valence-electron chi connectivity index (χ3n) is 7.30. The van der Waals surface area contributed by atoms with Gasteiger partial charge >= 0.3 is 0 Å². The number of carbonyl (C=O) groups is 1. The fourth-order valence-electron chi connectivity index (χ4n) is 5.45. The molecule has 37 heavy (non-hydrogen) atoms. The highest BCUT2D eigenvalue weighted by Gasteiger charge is 2.19. The molecule has 1 saturated heterocycles. The van der Waals surface area contributed by atoms with Crippen LogP contribution >= 0.6 is 0 Å². The van der Waals surface area contributed by atoms with Crippen LogP contribution < -0.4 is 5.73 Å². The van der Waals surface area contributed by atoms with E-state index in [4.69, 9.17) is 10.5 Å². The Morgan fingerprint density at radius 2 is 1.68 bits per heavy atom. The number of benzene rings is 4. The Hall–Kier alpha value is -3.93. The van der Waals surface area contributed by atoms with Gasteiger partial charge in [0.25, 0.3) is 5.91 Å². The van der Waals surface area contributed by atoms with Gasteiger partial charge in [-0.15, -0.1) is 0 Å². The molecule has 0 atom stereocenters. The van der Waals surface area contributed by atoms with E-state index in [1.54, 1.807) is 0 Å². The molecular weight excluding hydrogens is 458 g/mol. The molecule has 1 aliphatic rings. The number of amides is 1. The van der Waals surface area contributed by atoms with Crippen LogP contribution in [0, 0.1) is 0 Å². The van der Waals surface area contributed by atoms with Gasteiger partial charge in [0.2, 0.25) is 0 Å². The summed E-state index contributed by atoms with van der Waals surface area (Å²) in [6.07, 6.45) is 3.04. The number of carbonyl (C=O) groups excluding carboxylic acids is 1. The normalized spacial score (nSPS) is 13.9. The Labute approximate surface area is 217 Å². The monoisotopic (exact) mass is 489 g/mol. The number of rotatable bonds is 6. The van der Waals surface area contributed by atoms with Crippen LogP contribution in [-0.4, -0.2) is 48.2 Å². The van der Waals surface area contributed by atoms with E-state index in [0.29, 0.717) is 39.4 Å². The summed E-state index contributed by atoms with van der Waals surface area (Å²) in [5.41, 5.74) is 12.7. The lowest BCUT2D eigenvalue weighted by Gasteiger charge is -2.27. The van der Waals surface area contributed by atoms with Gasteiger partial charge in [0.1, 0.15) is 0 Å². The predicted molar refractivity (Wildman–Crippen MR) is 150 cm³/mol. The molecule has 6 rings (SSSR count). The minimum atomic E-state index is 0.0751. The minimum Gasteiger partial charge on any atom is -0.378 e. The molecule has 0 radical (unpaired) electrons. The largest absolute Gasteiger partial charge is 0.378 e. The minimum absolute atomic E-state index is 0.0751. The van der Waals surface area contributed by atoms with Crippen LogP contribution in [0.15, 0.2) is 91.1 Å². The molecule has 2 N–H and O–H groups in total. The molecule has 1 amide bonds. The second kappa shape index (κ2) is 10.2. The number of nitrogens with zero attached hydrogens (tertiary/aromatic N) is 2. The maximum atomic E-state index is 13.0. The van der Waals surface area contributed by atoms with Gasteiger partial charge in [-0.3, -0.25) is 4.79 Å². The maximum Gasteiger partial charge on any atom is 0.254 e. The lowest BCUT2D eigenvalue weighted by atomic mass is 9.96. The summed E-state index contributed by atoms with van der Waals surface area (Å²) in [5.74, 6) is 0.0751. The lowest BCUT2D eigenvalue weighted by molar-refractivity contribution is 0.0303. The van der Waals surface area contributed by atoms with E-state index in [0.717, 1.165) is 17.5 Å². The lowest BCUT2D eigenvalue weighted by Crippen LogP contribution is -2.40. The first-order chi connectivity index (χ1) is 18.2. The molecule has 5 nitrogen and oxygen atoms in total. The molecule has 0 unspecified atom stereocenters. The molecule has 2 heterocycles. The van der Waals surface area contributed by atoms with Crippen molar-refractivity contribution in [3.05, 3.63) is 108 Å². The van der Waals surface area contributed by atoms with Crippen molar-refractivity contribution in [3.63, 3.8) is 0 Å². The van der Waals surface area contributed by atoms with Crippen LogP contribution in [0.2, 0.25) is 0 Å². The van der Waals surface area contributed by atoms with E-state index in [2.05, 4.69) is 77.5 Å². The third-order valence-corrected chi connectivity index (χ3v) is 7.30. The first-order valence-corrected chi connectivity index (χ1v) is 13.0. The molecule has 1 fully saturated rings. The van der Waals surface area contributed by atoms with E-state index in [1.165, 1.54) is 38.4 Å². The summed E-state index contributed by atoms with van der Waals surface area (Å²) in [6.45, 7) is 3.79. The van der Waals surface area contributed by atoms with E-state index in [-0.39, 0.29) is 5.91 Å². The molecule has 0 saturated carbocycles. The van der Waals surface area contributed by atoms with E-state index < -0.39 is 0 Å². The number of hydrogen-bond acceptors (Lipinski definition) is 3. The quantitative estimate of drug-likeness (QED) is 0.343. The van der Waals surface area contributed by atoms with E-state index >= 15 is 0 Å². The Kier molecular flexibility index (Phi) is 6.47. The second-order valence-corrected chi connectivity index (χ2v) is 9.68. The molecule has 1 aromatic heterocycles. The second-order valence-electron chi connectivity index (χ2n) is 9.68. The molecule has 0 aliphatic carbocycles. The number of aromatic nitrogens is 1. The SMILES string of the molecule is NCCc1cn(Cc2cccc(C(=O)N3CCOCC3)c2)c2ccc(-c3cccc4ccccc34)cc12. The molecule has 1 aliphatic heterocycles. The topological polar surface area (TPSA) is 60.5 Å². The molecule has 0 spiro atoms. The van der Waals surface area contributed by atoms with Gasteiger partial charge in [0.15, 0.2) is 0 Å². The summed E-state index contributed by atoms with van der Waals surface area (Å²) >= 11 is 0. The highest BCUT2D eigenvalue weighted by atomic mass is 16.5. The average molecular weight is 490 g/mol. The third kappa shape index (κ3) is 4.64. The highest BCUT2D eigenvalue weighted by molar-refractivity contribution is 5.99. The van der Waals surface area contributed by atoms with E-state index in [1.807, 2.05) is 23.1 Å². The van der Waals surface area contributed by atoms with Crippen molar-refractivity contribution in [2.75, 3.05) is 32.8 Å². The Morgan fingerprint density at radius 3 is 2.54 bits per heavy atom. The van der Waals surface area contributed by atoms with Crippen LogP contribution in [0.25, 0.3) is 32.8 Å². The van der Waals surface area contributed by atoms with Crippen LogP contribution in [-0.2, 0) is 17.7 Å². The zero-order chi connectivity index (χ0) is 25.2. The fourth-order valence-corrected chi connectivity index (χ4v) is 5.45. The van der Waals surface area contributed by atoms with Gasteiger partial charge in [0, 0.05) is 42.3 Å². The van der Waals surface area contributed by atoms with Crippen LogP contribution in [0.1, 0.15) is 21.5 Å². The number of hydrogen-bond donors (Lipinski definition) is 1. The Bertz CT molecular complexity index is 1570. The van der Waals surface area contributed by atoms with Crippen molar-refractivity contribution < 1.29 is 9.53 Å². The first kappa shape index (κ1) is 23.5. The number of nitrogens with two attached hydrogens (primary N) is 1. The number of morpholine rings is 1. The van der Waals surface area contributed by atoms with Crippen molar-refractivity contribution in [2.24, 2.45) is 5.73 Å². The van der Waals surface area contributed by atoms with Crippen molar-refractivity contribution in [2.45, 2.75) is 13.0 Å². The molecule has 5 aromatic rings. The Balaban J connectivity index is 1.35. The molecule has 4 aromatic carbocycles. The van der Waals surface area contributed by atoms with Gasteiger partial charge in [0.05, 0.1) is 13.2 Å². The summed E-state index contributed by atoms with van der Waals surface area (Å²) in [5, 5.41) is 3.73. The number of ether oxygens (including phenoxy) is 1. The van der Waals surface area contributed by atoms with Gasteiger partial charge in [-0.05, 0) is 70.3 Å². The van der Waals surface area contributed by atoms with Gasteiger partial charge < -0.3 is 19.9 Å². The zero-order valence-corrected chi connectivity index (χ0v) is 20.9. The number of fused-ring (bicyclic) bond motifs is 2. The first-order valence-electron chi connectivity index (χ1n) is 13.0. The predicted octanol–water partition coefficient (Wildman–Crippen LogP) is 5.48. The van der Waals surface area contributed by atoms with Crippen LogP contribution in [0.5, 0.6) is 0 Å². The summed E-state index contributed by atoms with van der Waals surface area (Å²) in [7, 11) is 0. The standard InChI is InChI=1S/C32H31N3O2/c33-14-13-27-22-35(21-23-5-3-8-26(19-23)32(36)34-15-17-37-18-16-34)31-12-11-25(20-30(27)31)29-10-4-7-24-6-1-2-9-28(24)29/h1-12,19-20,22H,13-18,21,33H2. The molecular formula is C32H31N3O2. The molecule has 186 valence electrons. The molecule has 5 heteroatoms. The summed E-state index contributed by atoms with van der Waals surface area (Å²) in [6, 6.07) is 29.7. The van der Waals surface area contributed by atoms with Crippen molar-refractivity contribution in [3.8, 4) is 11.1 Å². The highest BCUT2D eigenvalue weighted by Crippen LogP contribution is 2.33. The summed E-state index contributed by atoms with van der Waals surface area (Å²) in [4.78, 5) is 14.9. The van der Waals surface area contributed by atoms with Gasteiger partial charge in [-0.2, -0.15) is 0 Å². The smallest absolute Gasteiger partial charge is 0.254 e. The van der Waals surface area contributed by atoms with Crippen molar-refractivity contribution in [1.82, 2.24) is 9.47 Å². The van der Waals surface area contributed by atoms with Gasteiger partial charge in [-0.1, -0.05) is 60.7 Å². The van der Waals surface area contributed by atoms with Crippen LogP contribution in [0.3, 0.4) is 0 Å². The van der Waals surface area contributed by atoms with Gasteiger partial charge in [-0.25, -0.2) is 0 Å². The molecule has 0 bridgehead atoms.